The van der Waals surface area contributed by atoms with Gasteiger partial charge in [-0.2, -0.15) is 5.10 Å². The average molecular weight is 281 g/mol. The standard InChI is InChI=1S/C12H13ClN4O2/c1-8(9-6-14-16(2)7-9)15-11-4-3-10(13)5-12(11)17(18)19/h3-8,15H,1-2H3. The van der Waals surface area contributed by atoms with Crippen molar-refractivity contribution in [2.45, 2.75) is 13.0 Å². The van der Waals surface area contributed by atoms with Crippen LogP contribution in [0.25, 0.3) is 0 Å². The fraction of sp³-hybridized carbons (Fsp3) is 0.250. The Morgan fingerprint density at radius 3 is 2.84 bits per heavy atom. The topological polar surface area (TPSA) is 73.0 Å². The molecule has 0 saturated heterocycles. The third kappa shape index (κ3) is 3.03. The van der Waals surface area contributed by atoms with E-state index in [4.69, 9.17) is 11.6 Å². The predicted molar refractivity (Wildman–Crippen MR) is 73.4 cm³/mol. The fourth-order valence-electron chi connectivity index (χ4n) is 1.76. The van der Waals surface area contributed by atoms with Crippen molar-refractivity contribution in [3.05, 3.63) is 51.3 Å². The first-order valence-electron chi connectivity index (χ1n) is 5.66. The fourth-order valence-corrected chi connectivity index (χ4v) is 1.92. The lowest BCUT2D eigenvalue weighted by molar-refractivity contribution is -0.384. The minimum Gasteiger partial charge on any atom is -0.373 e. The highest BCUT2D eigenvalue weighted by Crippen LogP contribution is 2.30. The number of hydrogen-bond acceptors (Lipinski definition) is 4. The summed E-state index contributed by atoms with van der Waals surface area (Å²) in [5.74, 6) is 0. The van der Waals surface area contributed by atoms with E-state index in [2.05, 4.69) is 10.4 Å². The number of nitro benzene ring substituents is 1. The molecular weight excluding hydrogens is 268 g/mol. The van der Waals surface area contributed by atoms with Crippen molar-refractivity contribution >= 4 is 23.0 Å². The highest BCUT2D eigenvalue weighted by Gasteiger charge is 2.17. The first kappa shape index (κ1) is 13.4. The number of halogens is 1. The van der Waals surface area contributed by atoms with E-state index < -0.39 is 4.92 Å². The maximum absolute atomic E-state index is 11.0. The molecule has 100 valence electrons. The van der Waals surface area contributed by atoms with Gasteiger partial charge in [-0.1, -0.05) is 11.6 Å². The summed E-state index contributed by atoms with van der Waals surface area (Å²) in [7, 11) is 1.82. The number of rotatable bonds is 4. The molecule has 19 heavy (non-hydrogen) atoms. The van der Waals surface area contributed by atoms with Crippen molar-refractivity contribution < 1.29 is 4.92 Å². The first-order valence-corrected chi connectivity index (χ1v) is 6.04. The van der Waals surface area contributed by atoms with E-state index in [0.717, 1.165) is 5.56 Å². The maximum Gasteiger partial charge on any atom is 0.293 e. The van der Waals surface area contributed by atoms with Gasteiger partial charge in [-0.15, -0.1) is 0 Å². The molecule has 2 rings (SSSR count). The van der Waals surface area contributed by atoms with E-state index in [0.29, 0.717) is 10.7 Å². The summed E-state index contributed by atoms with van der Waals surface area (Å²) >= 11 is 5.77. The van der Waals surface area contributed by atoms with E-state index in [-0.39, 0.29) is 11.7 Å². The summed E-state index contributed by atoms with van der Waals surface area (Å²) < 4.78 is 1.68. The minimum atomic E-state index is -0.454. The largest absolute Gasteiger partial charge is 0.373 e. The van der Waals surface area contributed by atoms with Crippen molar-refractivity contribution in [1.82, 2.24) is 9.78 Å². The lowest BCUT2D eigenvalue weighted by Gasteiger charge is -2.13. The van der Waals surface area contributed by atoms with Gasteiger partial charge < -0.3 is 5.32 Å². The van der Waals surface area contributed by atoms with E-state index in [1.807, 2.05) is 20.2 Å². The van der Waals surface area contributed by atoms with Crippen LogP contribution in [0.5, 0.6) is 0 Å². The van der Waals surface area contributed by atoms with Gasteiger partial charge >= 0.3 is 0 Å². The maximum atomic E-state index is 11.0. The van der Waals surface area contributed by atoms with Crippen molar-refractivity contribution in [3.8, 4) is 0 Å². The second-order valence-electron chi connectivity index (χ2n) is 4.23. The second kappa shape index (κ2) is 5.27. The van der Waals surface area contributed by atoms with Gasteiger partial charge in [0.05, 0.1) is 17.2 Å². The van der Waals surface area contributed by atoms with E-state index in [1.165, 1.54) is 6.07 Å². The minimum absolute atomic E-state index is 0.0387. The zero-order valence-corrected chi connectivity index (χ0v) is 11.3. The molecule has 0 amide bonds. The Morgan fingerprint density at radius 1 is 1.53 bits per heavy atom. The summed E-state index contributed by atoms with van der Waals surface area (Å²) in [4.78, 5) is 10.5. The SMILES string of the molecule is CC(Nc1ccc(Cl)cc1[N+](=O)[O-])c1cnn(C)c1. The van der Waals surface area contributed by atoms with Crippen LogP contribution < -0.4 is 5.32 Å². The number of nitro groups is 1. The normalized spacial score (nSPS) is 12.2. The molecule has 0 aliphatic carbocycles. The zero-order valence-electron chi connectivity index (χ0n) is 10.5. The van der Waals surface area contributed by atoms with Gasteiger partial charge in [0.2, 0.25) is 0 Å². The monoisotopic (exact) mass is 280 g/mol. The van der Waals surface area contributed by atoms with Crippen LogP contribution in [0.1, 0.15) is 18.5 Å². The molecule has 1 aromatic heterocycles. The van der Waals surface area contributed by atoms with Gasteiger partial charge in [-0.3, -0.25) is 14.8 Å². The third-order valence-electron chi connectivity index (χ3n) is 2.75. The average Bonchev–Trinajstić information content (AvgIpc) is 2.78. The molecule has 0 fully saturated rings. The molecule has 0 saturated carbocycles. The number of hydrogen-bond donors (Lipinski definition) is 1. The second-order valence-corrected chi connectivity index (χ2v) is 4.67. The highest BCUT2D eigenvalue weighted by molar-refractivity contribution is 6.30. The Balaban J connectivity index is 2.26. The van der Waals surface area contributed by atoms with Crippen molar-refractivity contribution in [3.63, 3.8) is 0 Å². The number of benzene rings is 1. The summed E-state index contributed by atoms with van der Waals surface area (Å²) in [6.07, 6.45) is 3.58. The van der Waals surface area contributed by atoms with Crippen LogP contribution in [0.15, 0.2) is 30.6 Å². The van der Waals surface area contributed by atoms with Gasteiger partial charge in [-0.25, -0.2) is 0 Å². The molecule has 2 aromatic rings. The van der Waals surface area contributed by atoms with Crippen LogP contribution in [-0.4, -0.2) is 14.7 Å². The van der Waals surface area contributed by atoms with Crippen LogP contribution in [-0.2, 0) is 7.05 Å². The van der Waals surface area contributed by atoms with Crippen LogP contribution in [0.4, 0.5) is 11.4 Å². The van der Waals surface area contributed by atoms with Gasteiger partial charge in [0.15, 0.2) is 0 Å². The van der Waals surface area contributed by atoms with E-state index in [9.17, 15) is 10.1 Å². The van der Waals surface area contributed by atoms with Crippen molar-refractivity contribution in [2.24, 2.45) is 7.05 Å². The van der Waals surface area contributed by atoms with E-state index >= 15 is 0 Å². The number of aryl methyl sites for hydroxylation is 1. The summed E-state index contributed by atoms with van der Waals surface area (Å²) in [5, 5.41) is 18.5. The first-order chi connectivity index (χ1) is 8.97. The van der Waals surface area contributed by atoms with Gasteiger partial charge in [-0.05, 0) is 19.1 Å². The van der Waals surface area contributed by atoms with Crippen LogP contribution in [0.2, 0.25) is 5.02 Å². The Labute approximate surface area is 115 Å². The van der Waals surface area contributed by atoms with Crippen LogP contribution in [0, 0.1) is 10.1 Å². The lowest BCUT2D eigenvalue weighted by Crippen LogP contribution is -2.07. The smallest absolute Gasteiger partial charge is 0.293 e. The van der Waals surface area contributed by atoms with Crippen molar-refractivity contribution in [1.29, 1.82) is 0 Å². The number of anilines is 1. The molecule has 1 unspecified atom stereocenters. The number of nitrogens with one attached hydrogen (secondary N) is 1. The van der Waals surface area contributed by atoms with Gasteiger partial charge in [0.25, 0.3) is 5.69 Å². The summed E-state index contributed by atoms with van der Waals surface area (Å²) in [6, 6.07) is 4.47. The molecule has 0 bridgehead atoms. The number of nitrogens with zero attached hydrogens (tertiary/aromatic N) is 3. The Hall–Kier alpha value is -2.08. The Kier molecular flexibility index (Phi) is 3.71. The Morgan fingerprint density at radius 2 is 2.26 bits per heavy atom. The summed E-state index contributed by atoms with van der Waals surface area (Å²) in [5.41, 5.74) is 1.35. The van der Waals surface area contributed by atoms with Gasteiger partial charge in [0, 0.05) is 29.9 Å². The Bertz CT molecular complexity index is 612. The molecular formula is C12H13ClN4O2. The van der Waals surface area contributed by atoms with Crippen LogP contribution in [0.3, 0.4) is 0 Å². The number of aromatic nitrogens is 2. The molecule has 0 aliphatic heterocycles. The quantitative estimate of drug-likeness (QED) is 0.690. The summed E-state index contributed by atoms with van der Waals surface area (Å²) in [6.45, 7) is 1.91. The van der Waals surface area contributed by atoms with Gasteiger partial charge in [0.1, 0.15) is 5.69 Å². The van der Waals surface area contributed by atoms with Crippen molar-refractivity contribution in [2.75, 3.05) is 5.32 Å². The zero-order chi connectivity index (χ0) is 14.0. The van der Waals surface area contributed by atoms with Crippen LogP contribution >= 0.6 is 11.6 Å². The molecule has 1 N–H and O–H groups in total. The molecule has 0 aliphatic rings. The third-order valence-corrected chi connectivity index (χ3v) is 2.99. The molecule has 6 nitrogen and oxygen atoms in total. The van der Waals surface area contributed by atoms with E-state index in [1.54, 1.807) is 23.0 Å². The highest BCUT2D eigenvalue weighted by atomic mass is 35.5. The predicted octanol–water partition coefficient (Wildman–Crippen LogP) is 3.15. The lowest BCUT2D eigenvalue weighted by atomic mass is 10.1. The molecule has 0 radical (unpaired) electrons. The molecule has 1 atom stereocenters. The molecule has 1 aromatic carbocycles. The molecule has 1 heterocycles. The molecule has 0 spiro atoms. The molecule has 7 heteroatoms.